The third-order valence-corrected chi connectivity index (χ3v) is 3.79. The molecule has 17 heavy (non-hydrogen) atoms. The normalized spacial score (nSPS) is 10.4. The van der Waals surface area contributed by atoms with Crippen LogP contribution in [0.4, 0.5) is 10.8 Å². The molecule has 2 aromatic rings. The molecule has 0 aliphatic carbocycles. The number of aryl methyl sites for hydroxylation is 1. The molecule has 2 rings (SSSR count). The number of nitrogens with two attached hydrogens (primary N) is 2. The number of thiazole rings is 1. The molecule has 2 aromatic heterocycles. The lowest BCUT2D eigenvalue weighted by atomic mass is 10.3. The van der Waals surface area contributed by atoms with Crippen molar-refractivity contribution in [1.82, 2.24) is 9.36 Å². The van der Waals surface area contributed by atoms with Crippen molar-refractivity contribution >= 4 is 39.6 Å². The smallest absolute Gasteiger partial charge is 0.255 e. The lowest BCUT2D eigenvalue weighted by Crippen LogP contribution is -2.14. The van der Waals surface area contributed by atoms with Gasteiger partial charge in [0.1, 0.15) is 10.6 Å². The molecule has 2 heterocycles. The van der Waals surface area contributed by atoms with E-state index in [-0.39, 0.29) is 11.4 Å². The zero-order valence-corrected chi connectivity index (χ0v) is 10.7. The molecule has 0 saturated heterocycles. The summed E-state index contributed by atoms with van der Waals surface area (Å²) >= 11 is 2.72. The monoisotopic (exact) mass is 269 g/mol. The van der Waals surface area contributed by atoms with E-state index in [2.05, 4.69) is 14.7 Å². The third-order valence-electron chi connectivity index (χ3n) is 2.06. The molecule has 0 spiro atoms. The van der Waals surface area contributed by atoms with E-state index in [4.69, 9.17) is 11.5 Å². The Bertz CT molecular complexity index is 547. The van der Waals surface area contributed by atoms with Crippen molar-refractivity contribution < 1.29 is 4.79 Å². The average Bonchev–Trinajstić information content (AvgIpc) is 2.82. The van der Waals surface area contributed by atoms with Crippen molar-refractivity contribution in [3.8, 4) is 0 Å². The Morgan fingerprint density at radius 3 is 2.94 bits per heavy atom. The molecule has 8 heteroatoms. The lowest BCUT2D eigenvalue weighted by molar-refractivity contribution is 0.100. The number of nitrogen functional groups attached to an aromatic ring is 1. The Hall–Kier alpha value is -1.67. The van der Waals surface area contributed by atoms with Gasteiger partial charge >= 0.3 is 0 Å². The summed E-state index contributed by atoms with van der Waals surface area (Å²) in [6.45, 7) is 2.51. The molecule has 0 saturated carbocycles. The van der Waals surface area contributed by atoms with Crippen LogP contribution in [-0.2, 0) is 6.54 Å². The van der Waals surface area contributed by atoms with Gasteiger partial charge in [-0.15, -0.1) is 11.3 Å². The SMILES string of the molecule is Cc1ncc(CNc2snc(N)c2C(N)=O)s1. The van der Waals surface area contributed by atoms with Crippen LogP contribution in [0.25, 0.3) is 0 Å². The Balaban J connectivity index is 2.11. The van der Waals surface area contributed by atoms with Crippen LogP contribution in [0.15, 0.2) is 6.20 Å². The molecule has 0 atom stereocenters. The van der Waals surface area contributed by atoms with E-state index >= 15 is 0 Å². The van der Waals surface area contributed by atoms with Gasteiger partial charge in [0.2, 0.25) is 0 Å². The molecule has 1 amide bonds. The number of rotatable bonds is 4. The second kappa shape index (κ2) is 4.68. The second-order valence-electron chi connectivity index (χ2n) is 3.34. The molecule has 0 unspecified atom stereocenters. The van der Waals surface area contributed by atoms with Crippen LogP contribution in [-0.4, -0.2) is 15.3 Å². The van der Waals surface area contributed by atoms with Crippen molar-refractivity contribution in [1.29, 1.82) is 0 Å². The van der Waals surface area contributed by atoms with Crippen LogP contribution in [0, 0.1) is 6.92 Å². The first-order valence-electron chi connectivity index (χ1n) is 4.78. The fraction of sp³-hybridized carbons (Fsp3) is 0.222. The fourth-order valence-corrected chi connectivity index (χ4v) is 2.76. The zero-order valence-electron chi connectivity index (χ0n) is 9.06. The van der Waals surface area contributed by atoms with Gasteiger partial charge in [-0.25, -0.2) is 4.98 Å². The maximum absolute atomic E-state index is 11.2. The molecule has 0 aliphatic rings. The minimum absolute atomic E-state index is 0.172. The topological polar surface area (TPSA) is 107 Å². The number of nitrogens with one attached hydrogen (secondary N) is 1. The first-order chi connectivity index (χ1) is 8.08. The standard InChI is InChI=1S/C9H11N5OS2/c1-4-12-2-5(16-4)3-13-9-6(8(11)15)7(10)14-17-9/h2,13H,3H2,1H3,(H2,10,14)(H2,11,15). The molecule has 6 nitrogen and oxygen atoms in total. The molecular weight excluding hydrogens is 258 g/mol. The van der Waals surface area contributed by atoms with E-state index in [1.165, 1.54) is 0 Å². The summed E-state index contributed by atoms with van der Waals surface area (Å²) in [4.78, 5) is 16.4. The molecule has 0 aliphatic heterocycles. The van der Waals surface area contributed by atoms with Gasteiger partial charge in [0, 0.05) is 11.1 Å². The molecule has 0 bridgehead atoms. The summed E-state index contributed by atoms with van der Waals surface area (Å²) in [5.74, 6) is -0.398. The van der Waals surface area contributed by atoms with Crippen molar-refractivity contribution in [2.24, 2.45) is 5.73 Å². The first kappa shape index (κ1) is 11.8. The zero-order chi connectivity index (χ0) is 12.4. The number of aromatic nitrogens is 2. The van der Waals surface area contributed by atoms with Gasteiger partial charge in [-0.05, 0) is 18.5 Å². The maximum atomic E-state index is 11.2. The number of amides is 1. The van der Waals surface area contributed by atoms with E-state index < -0.39 is 5.91 Å². The van der Waals surface area contributed by atoms with E-state index in [0.29, 0.717) is 11.5 Å². The lowest BCUT2D eigenvalue weighted by Gasteiger charge is -2.02. The quantitative estimate of drug-likeness (QED) is 0.773. The van der Waals surface area contributed by atoms with Gasteiger partial charge in [-0.1, -0.05) is 0 Å². The molecule has 0 aromatic carbocycles. The summed E-state index contributed by atoms with van der Waals surface area (Å²) in [5, 5.41) is 4.69. The van der Waals surface area contributed by atoms with Crippen molar-refractivity contribution in [2.45, 2.75) is 13.5 Å². The number of primary amides is 1. The highest BCUT2D eigenvalue weighted by molar-refractivity contribution is 7.12. The van der Waals surface area contributed by atoms with Crippen LogP contribution in [0.1, 0.15) is 20.2 Å². The van der Waals surface area contributed by atoms with Crippen molar-refractivity contribution in [3.05, 3.63) is 21.6 Å². The number of carbonyl (C=O) groups excluding carboxylic acids is 1. The van der Waals surface area contributed by atoms with Crippen molar-refractivity contribution in [3.63, 3.8) is 0 Å². The largest absolute Gasteiger partial charge is 0.382 e. The summed E-state index contributed by atoms with van der Waals surface area (Å²) in [6, 6.07) is 0. The Kier molecular flexibility index (Phi) is 3.25. The van der Waals surface area contributed by atoms with Crippen LogP contribution < -0.4 is 16.8 Å². The molecule has 0 radical (unpaired) electrons. The summed E-state index contributed by atoms with van der Waals surface area (Å²) in [6.07, 6.45) is 1.79. The molecule has 90 valence electrons. The number of hydrogen-bond acceptors (Lipinski definition) is 7. The van der Waals surface area contributed by atoms with Crippen LogP contribution in [0.3, 0.4) is 0 Å². The van der Waals surface area contributed by atoms with E-state index in [1.54, 1.807) is 17.5 Å². The Labute approximate surface area is 106 Å². The van der Waals surface area contributed by atoms with Crippen LogP contribution >= 0.6 is 22.9 Å². The minimum Gasteiger partial charge on any atom is -0.382 e. The number of hydrogen-bond donors (Lipinski definition) is 3. The van der Waals surface area contributed by atoms with Gasteiger partial charge in [-0.2, -0.15) is 4.37 Å². The Morgan fingerprint density at radius 1 is 1.59 bits per heavy atom. The minimum atomic E-state index is -0.570. The number of carbonyl (C=O) groups is 1. The Morgan fingerprint density at radius 2 is 2.35 bits per heavy atom. The predicted octanol–water partition coefficient (Wildman–Crippen LogP) is 1.20. The number of anilines is 2. The first-order valence-corrected chi connectivity index (χ1v) is 6.37. The summed E-state index contributed by atoms with van der Waals surface area (Å²) in [7, 11) is 0. The van der Waals surface area contributed by atoms with E-state index in [0.717, 1.165) is 21.4 Å². The highest BCUT2D eigenvalue weighted by Crippen LogP contribution is 2.27. The molecule has 5 N–H and O–H groups in total. The van der Waals surface area contributed by atoms with Crippen LogP contribution in [0.5, 0.6) is 0 Å². The van der Waals surface area contributed by atoms with Gasteiger partial charge in [0.05, 0.1) is 11.6 Å². The average molecular weight is 269 g/mol. The maximum Gasteiger partial charge on any atom is 0.255 e. The van der Waals surface area contributed by atoms with E-state index in [1.807, 2.05) is 6.92 Å². The van der Waals surface area contributed by atoms with Gasteiger partial charge in [0.25, 0.3) is 5.91 Å². The highest BCUT2D eigenvalue weighted by Gasteiger charge is 2.16. The van der Waals surface area contributed by atoms with Crippen molar-refractivity contribution in [2.75, 3.05) is 11.1 Å². The summed E-state index contributed by atoms with van der Waals surface area (Å²) in [5.41, 5.74) is 11.1. The second-order valence-corrected chi connectivity index (χ2v) is 5.43. The van der Waals surface area contributed by atoms with Gasteiger partial charge in [0.15, 0.2) is 5.82 Å². The fourth-order valence-electron chi connectivity index (χ4n) is 1.32. The predicted molar refractivity (Wildman–Crippen MR) is 69.2 cm³/mol. The number of nitrogens with zero attached hydrogens (tertiary/aromatic N) is 2. The van der Waals surface area contributed by atoms with Crippen LogP contribution in [0.2, 0.25) is 0 Å². The van der Waals surface area contributed by atoms with E-state index in [9.17, 15) is 4.79 Å². The summed E-state index contributed by atoms with van der Waals surface area (Å²) < 4.78 is 3.90. The molecular formula is C9H11N5OS2. The van der Waals surface area contributed by atoms with Gasteiger partial charge in [-0.3, -0.25) is 4.79 Å². The highest BCUT2D eigenvalue weighted by atomic mass is 32.1. The third kappa shape index (κ3) is 2.53. The van der Waals surface area contributed by atoms with Gasteiger partial charge < -0.3 is 16.8 Å². The molecule has 0 fully saturated rings.